The van der Waals surface area contributed by atoms with E-state index < -0.39 is 0 Å². The Balaban J connectivity index is 2.35. The third kappa shape index (κ3) is 4.40. The number of amidine groups is 1. The summed E-state index contributed by atoms with van der Waals surface area (Å²) in [6.07, 6.45) is 6.71. The maximum atomic E-state index is 12.0. The number of amides is 1. The van der Waals surface area contributed by atoms with Crippen molar-refractivity contribution in [3.63, 3.8) is 0 Å². The minimum absolute atomic E-state index is 0.248. The Morgan fingerprint density at radius 3 is 2.47 bits per heavy atom. The molecule has 0 aliphatic carbocycles. The molecule has 0 aromatic carbocycles. The molecule has 5 nitrogen and oxygen atoms in total. The van der Waals surface area contributed by atoms with Gasteiger partial charge >= 0.3 is 0 Å². The number of hydrogen-bond donors (Lipinski definition) is 2. The standard InChI is InChI=1S/C14H27N3O2/c1-3-4-5-6-7-12(18)17-10-8-14(2,9-11-17)13(15)16-19/h19H,3-11H2,1-2H3,(H2,15,16). The lowest BCUT2D eigenvalue weighted by molar-refractivity contribution is -0.133. The van der Waals surface area contributed by atoms with Crippen LogP contribution in [0.4, 0.5) is 0 Å². The Morgan fingerprint density at radius 2 is 1.95 bits per heavy atom. The van der Waals surface area contributed by atoms with Gasteiger partial charge in [-0.2, -0.15) is 0 Å². The van der Waals surface area contributed by atoms with Crippen molar-refractivity contribution < 1.29 is 10.0 Å². The van der Waals surface area contributed by atoms with E-state index in [1.165, 1.54) is 12.8 Å². The predicted molar refractivity (Wildman–Crippen MR) is 76.1 cm³/mol. The van der Waals surface area contributed by atoms with E-state index in [0.29, 0.717) is 19.5 Å². The molecule has 5 heteroatoms. The largest absolute Gasteiger partial charge is 0.409 e. The summed E-state index contributed by atoms with van der Waals surface area (Å²) in [7, 11) is 0. The molecule has 1 heterocycles. The van der Waals surface area contributed by atoms with E-state index >= 15 is 0 Å². The van der Waals surface area contributed by atoms with E-state index in [9.17, 15) is 4.79 Å². The molecule has 0 atom stereocenters. The molecule has 1 amide bonds. The molecular weight excluding hydrogens is 242 g/mol. The SMILES string of the molecule is CCCCCCC(=O)N1CCC(C)(C(N)=NO)CC1. The smallest absolute Gasteiger partial charge is 0.222 e. The van der Waals surface area contributed by atoms with E-state index in [2.05, 4.69) is 12.1 Å². The van der Waals surface area contributed by atoms with Gasteiger partial charge in [0.25, 0.3) is 0 Å². The number of rotatable bonds is 6. The van der Waals surface area contributed by atoms with Crippen LogP contribution in [0.15, 0.2) is 5.16 Å². The fourth-order valence-electron chi connectivity index (χ4n) is 2.49. The first-order valence-corrected chi connectivity index (χ1v) is 7.29. The monoisotopic (exact) mass is 269 g/mol. The Kier molecular flexibility index (Phi) is 6.12. The van der Waals surface area contributed by atoms with Gasteiger partial charge in [-0.15, -0.1) is 0 Å². The zero-order valence-corrected chi connectivity index (χ0v) is 12.2. The summed E-state index contributed by atoms with van der Waals surface area (Å²) in [5.74, 6) is 0.528. The first-order valence-electron chi connectivity index (χ1n) is 7.29. The summed E-state index contributed by atoms with van der Waals surface area (Å²) >= 11 is 0. The molecule has 0 radical (unpaired) electrons. The zero-order chi connectivity index (χ0) is 14.3. The molecule has 0 aromatic heterocycles. The number of carbonyl (C=O) groups is 1. The van der Waals surface area contributed by atoms with Gasteiger partial charge in [0, 0.05) is 24.9 Å². The molecule has 0 unspecified atom stereocenters. The van der Waals surface area contributed by atoms with Crippen LogP contribution < -0.4 is 5.73 Å². The average molecular weight is 269 g/mol. The summed E-state index contributed by atoms with van der Waals surface area (Å²) in [5.41, 5.74) is 5.44. The molecular formula is C14H27N3O2. The highest BCUT2D eigenvalue weighted by atomic mass is 16.4. The summed E-state index contributed by atoms with van der Waals surface area (Å²) in [5, 5.41) is 11.9. The van der Waals surface area contributed by atoms with Crippen molar-refractivity contribution in [2.75, 3.05) is 13.1 Å². The molecule has 1 saturated heterocycles. The van der Waals surface area contributed by atoms with Crippen molar-refractivity contribution in [1.82, 2.24) is 4.90 Å². The van der Waals surface area contributed by atoms with Gasteiger partial charge in [0.2, 0.25) is 5.91 Å². The quantitative estimate of drug-likeness (QED) is 0.255. The second-order valence-corrected chi connectivity index (χ2v) is 5.74. The van der Waals surface area contributed by atoms with Gasteiger partial charge in [0.15, 0.2) is 0 Å². The highest BCUT2D eigenvalue weighted by Crippen LogP contribution is 2.31. The maximum Gasteiger partial charge on any atom is 0.222 e. The minimum Gasteiger partial charge on any atom is -0.409 e. The van der Waals surface area contributed by atoms with Crippen LogP contribution in [0.25, 0.3) is 0 Å². The zero-order valence-electron chi connectivity index (χ0n) is 12.2. The number of nitrogens with zero attached hydrogens (tertiary/aromatic N) is 2. The van der Waals surface area contributed by atoms with Crippen molar-refractivity contribution in [2.45, 2.75) is 58.8 Å². The van der Waals surface area contributed by atoms with Crippen LogP contribution in [0.3, 0.4) is 0 Å². The van der Waals surface area contributed by atoms with Gasteiger partial charge < -0.3 is 15.8 Å². The molecule has 1 aliphatic heterocycles. The number of oxime groups is 1. The number of piperidine rings is 1. The lowest BCUT2D eigenvalue weighted by Gasteiger charge is -2.38. The lowest BCUT2D eigenvalue weighted by Crippen LogP contribution is -2.47. The third-order valence-electron chi connectivity index (χ3n) is 4.19. The fourth-order valence-corrected chi connectivity index (χ4v) is 2.49. The Morgan fingerprint density at radius 1 is 1.32 bits per heavy atom. The van der Waals surface area contributed by atoms with Gasteiger partial charge in [-0.25, -0.2) is 0 Å². The van der Waals surface area contributed by atoms with Crippen LogP contribution in [0.2, 0.25) is 0 Å². The Bertz CT molecular complexity index is 321. The van der Waals surface area contributed by atoms with Gasteiger partial charge in [0.1, 0.15) is 5.84 Å². The van der Waals surface area contributed by atoms with E-state index in [-0.39, 0.29) is 17.2 Å². The summed E-state index contributed by atoms with van der Waals surface area (Å²) < 4.78 is 0. The molecule has 0 spiro atoms. The summed E-state index contributed by atoms with van der Waals surface area (Å²) in [6, 6.07) is 0. The second-order valence-electron chi connectivity index (χ2n) is 5.74. The number of likely N-dealkylation sites (tertiary alicyclic amines) is 1. The number of nitrogens with two attached hydrogens (primary N) is 1. The third-order valence-corrected chi connectivity index (χ3v) is 4.19. The highest BCUT2D eigenvalue weighted by Gasteiger charge is 2.35. The molecule has 19 heavy (non-hydrogen) atoms. The van der Waals surface area contributed by atoms with Crippen LogP contribution in [-0.4, -0.2) is 34.9 Å². The molecule has 0 saturated carbocycles. The predicted octanol–water partition coefficient (Wildman–Crippen LogP) is 2.33. The van der Waals surface area contributed by atoms with Crippen molar-refractivity contribution in [2.24, 2.45) is 16.3 Å². The topological polar surface area (TPSA) is 78.9 Å². The van der Waals surface area contributed by atoms with Gasteiger partial charge in [0.05, 0.1) is 0 Å². The normalized spacial score (nSPS) is 19.5. The van der Waals surface area contributed by atoms with Crippen molar-refractivity contribution >= 4 is 11.7 Å². The van der Waals surface area contributed by atoms with Gasteiger partial charge in [-0.05, 0) is 19.3 Å². The average Bonchev–Trinajstić information content (AvgIpc) is 2.43. The molecule has 3 N–H and O–H groups in total. The van der Waals surface area contributed by atoms with Crippen molar-refractivity contribution in [1.29, 1.82) is 0 Å². The van der Waals surface area contributed by atoms with Crippen LogP contribution in [0, 0.1) is 5.41 Å². The highest BCUT2D eigenvalue weighted by molar-refractivity contribution is 5.86. The van der Waals surface area contributed by atoms with E-state index in [4.69, 9.17) is 10.9 Å². The second kappa shape index (κ2) is 7.36. The molecule has 1 fully saturated rings. The Labute approximate surface area is 115 Å². The van der Waals surface area contributed by atoms with Crippen molar-refractivity contribution in [3.05, 3.63) is 0 Å². The maximum absolute atomic E-state index is 12.0. The van der Waals surface area contributed by atoms with Crippen LogP contribution >= 0.6 is 0 Å². The molecule has 1 rings (SSSR count). The lowest BCUT2D eigenvalue weighted by atomic mass is 9.79. The Hall–Kier alpha value is -1.26. The van der Waals surface area contributed by atoms with E-state index in [1.54, 1.807) is 0 Å². The van der Waals surface area contributed by atoms with Crippen LogP contribution in [0.1, 0.15) is 58.8 Å². The van der Waals surface area contributed by atoms with Gasteiger partial charge in [-0.1, -0.05) is 38.3 Å². The summed E-state index contributed by atoms with van der Waals surface area (Å²) in [4.78, 5) is 13.9. The molecule has 1 aliphatic rings. The number of hydrogen-bond acceptors (Lipinski definition) is 3. The number of unbranched alkanes of at least 4 members (excludes halogenated alkanes) is 3. The number of carbonyl (C=O) groups excluding carboxylic acids is 1. The molecule has 110 valence electrons. The first kappa shape index (κ1) is 15.8. The van der Waals surface area contributed by atoms with E-state index in [0.717, 1.165) is 25.7 Å². The first-order chi connectivity index (χ1) is 9.03. The van der Waals surface area contributed by atoms with Crippen LogP contribution in [-0.2, 0) is 4.79 Å². The molecule has 0 aromatic rings. The van der Waals surface area contributed by atoms with Crippen LogP contribution in [0.5, 0.6) is 0 Å². The minimum atomic E-state index is -0.270. The van der Waals surface area contributed by atoms with E-state index in [1.807, 2.05) is 11.8 Å². The van der Waals surface area contributed by atoms with Crippen molar-refractivity contribution in [3.8, 4) is 0 Å². The van der Waals surface area contributed by atoms with Gasteiger partial charge in [-0.3, -0.25) is 4.79 Å². The summed E-state index contributed by atoms with van der Waals surface area (Å²) in [6.45, 7) is 5.57. The molecule has 0 bridgehead atoms. The fraction of sp³-hybridized carbons (Fsp3) is 0.857.